The quantitative estimate of drug-likeness (QED) is 0.321. The summed E-state index contributed by atoms with van der Waals surface area (Å²) >= 11 is 1.30. The molecule has 0 spiro atoms. The highest BCUT2D eigenvalue weighted by atomic mass is 32.2. The summed E-state index contributed by atoms with van der Waals surface area (Å²) in [7, 11) is -3.81. The van der Waals surface area contributed by atoms with Gasteiger partial charge >= 0.3 is 0 Å². The standard InChI is InChI=1S/C15H19N3O6S2/c1-25-15-11(17-18-16)13(24-26(2,19)20)12-10(22-15)8-21-14(23-12)9-6-4-3-5-7-9/h3-7,10-15H,8H2,1-2H3/t10?,11-,12+,13?,14?,15-/m0/s1. The Morgan fingerprint density at radius 3 is 2.65 bits per heavy atom. The third-order valence-electron chi connectivity index (χ3n) is 4.08. The van der Waals surface area contributed by atoms with Gasteiger partial charge < -0.3 is 14.2 Å². The van der Waals surface area contributed by atoms with E-state index in [1.54, 1.807) is 6.26 Å². The van der Waals surface area contributed by atoms with E-state index in [4.69, 9.17) is 23.9 Å². The molecule has 0 bridgehead atoms. The molecule has 0 radical (unpaired) electrons. The number of hydrogen-bond donors (Lipinski definition) is 0. The number of ether oxygens (including phenoxy) is 3. The highest BCUT2D eigenvalue weighted by molar-refractivity contribution is 7.99. The zero-order chi connectivity index (χ0) is 18.7. The molecule has 26 heavy (non-hydrogen) atoms. The van der Waals surface area contributed by atoms with Gasteiger partial charge in [0.1, 0.15) is 29.8 Å². The van der Waals surface area contributed by atoms with E-state index in [0.29, 0.717) is 0 Å². The van der Waals surface area contributed by atoms with E-state index in [-0.39, 0.29) is 6.61 Å². The lowest BCUT2D eigenvalue weighted by Gasteiger charge is -2.47. The molecule has 0 N–H and O–H groups in total. The molecule has 1 aromatic rings. The van der Waals surface area contributed by atoms with Crippen LogP contribution in [-0.4, -0.2) is 57.3 Å². The van der Waals surface area contributed by atoms with Crippen LogP contribution in [0.1, 0.15) is 11.9 Å². The average Bonchev–Trinajstić information content (AvgIpc) is 2.62. The molecule has 11 heteroatoms. The van der Waals surface area contributed by atoms with Crippen LogP contribution in [-0.2, 0) is 28.5 Å². The average molecular weight is 401 g/mol. The van der Waals surface area contributed by atoms with Gasteiger partial charge in [-0.1, -0.05) is 35.4 Å². The van der Waals surface area contributed by atoms with Crippen LogP contribution in [0.5, 0.6) is 0 Å². The normalized spacial score (nSPS) is 34.5. The van der Waals surface area contributed by atoms with Gasteiger partial charge in [0.25, 0.3) is 10.1 Å². The van der Waals surface area contributed by atoms with E-state index in [1.807, 2.05) is 30.3 Å². The van der Waals surface area contributed by atoms with E-state index < -0.39 is 46.2 Å². The van der Waals surface area contributed by atoms with Crippen LogP contribution >= 0.6 is 11.8 Å². The van der Waals surface area contributed by atoms with Gasteiger partial charge in [-0.2, -0.15) is 8.42 Å². The largest absolute Gasteiger partial charge is 0.359 e. The van der Waals surface area contributed by atoms with E-state index >= 15 is 0 Å². The van der Waals surface area contributed by atoms with Gasteiger partial charge in [-0.3, -0.25) is 4.18 Å². The second-order valence-electron chi connectivity index (χ2n) is 5.92. The molecule has 2 heterocycles. The first-order valence-corrected chi connectivity index (χ1v) is 11.0. The Balaban J connectivity index is 1.91. The zero-order valence-electron chi connectivity index (χ0n) is 14.2. The van der Waals surface area contributed by atoms with Crippen LogP contribution in [0.3, 0.4) is 0 Å². The summed E-state index contributed by atoms with van der Waals surface area (Å²) in [6.07, 6.45) is -0.268. The monoisotopic (exact) mass is 401 g/mol. The van der Waals surface area contributed by atoms with Crippen molar-refractivity contribution >= 4 is 21.9 Å². The van der Waals surface area contributed by atoms with Gasteiger partial charge in [-0.25, -0.2) is 0 Å². The molecule has 6 atom stereocenters. The van der Waals surface area contributed by atoms with Gasteiger partial charge in [0.05, 0.1) is 12.9 Å². The summed E-state index contributed by atoms with van der Waals surface area (Å²) in [6.45, 7) is 0.202. The summed E-state index contributed by atoms with van der Waals surface area (Å²) < 4.78 is 46.4. The van der Waals surface area contributed by atoms with Crippen LogP contribution in [0.2, 0.25) is 0 Å². The van der Waals surface area contributed by atoms with E-state index in [1.165, 1.54) is 11.8 Å². The maximum absolute atomic E-state index is 11.8. The lowest BCUT2D eigenvalue weighted by Crippen LogP contribution is -2.61. The SMILES string of the molecule is CS[C@@H]1OC2COC(c3ccccc3)O[C@H]2C(OS(C)(=O)=O)[C@@H]1N=[N+]=[N-]. The number of azide groups is 1. The Kier molecular flexibility index (Phi) is 6.08. The fourth-order valence-electron chi connectivity index (χ4n) is 3.03. The molecule has 2 aliphatic rings. The van der Waals surface area contributed by atoms with Crippen molar-refractivity contribution < 1.29 is 26.8 Å². The van der Waals surface area contributed by atoms with E-state index in [0.717, 1.165) is 11.8 Å². The third-order valence-corrected chi connectivity index (χ3v) is 5.51. The summed E-state index contributed by atoms with van der Waals surface area (Å²) in [5.74, 6) is 0. The predicted octanol–water partition coefficient (Wildman–Crippen LogP) is 2.21. The first-order valence-electron chi connectivity index (χ1n) is 7.85. The fraction of sp³-hybridized carbons (Fsp3) is 0.600. The first kappa shape index (κ1) is 19.4. The molecule has 3 rings (SSSR count). The molecule has 1 aromatic carbocycles. The number of nitrogens with zero attached hydrogens (tertiary/aromatic N) is 3. The molecule has 2 saturated heterocycles. The molecule has 0 aliphatic carbocycles. The van der Waals surface area contributed by atoms with Crippen molar-refractivity contribution in [1.29, 1.82) is 0 Å². The lowest BCUT2D eigenvalue weighted by molar-refractivity contribution is -0.301. The molecule has 2 aliphatic heterocycles. The maximum atomic E-state index is 11.8. The summed E-state index contributed by atoms with van der Waals surface area (Å²) in [5.41, 5.74) is 9.12. The minimum Gasteiger partial charge on any atom is -0.359 e. The van der Waals surface area contributed by atoms with Gasteiger partial charge in [0.2, 0.25) is 0 Å². The number of benzene rings is 1. The number of fused-ring (bicyclic) bond motifs is 1. The van der Waals surface area contributed by atoms with Crippen LogP contribution in [0.15, 0.2) is 35.4 Å². The topological polar surface area (TPSA) is 120 Å². The van der Waals surface area contributed by atoms with Gasteiger partial charge in [0, 0.05) is 10.5 Å². The number of rotatable bonds is 5. The second kappa shape index (κ2) is 8.13. The molecule has 142 valence electrons. The highest BCUT2D eigenvalue weighted by Gasteiger charge is 2.51. The van der Waals surface area contributed by atoms with Gasteiger partial charge in [-0.05, 0) is 11.8 Å². The van der Waals surface area contributed by atoms with Gasteiger partial charge in [0.15, 0.2) is 6.29 Å². The van der Waals surface area contributed by atoms with Crippen molar-refractivity contribution in [3.8, 4) is 0 Å². The molecule has 2 fully saturated rings. The first-order chi connectivity index (χ1) is 12.4. The number of hydrogen-bond acceptors (Lipinski definition) is 8. The fourth-order valence-corrected chi connectivity index (χ4v) is 4.40. The third kappa shape index (κ3) is 4.32. The van der Waals surface area contributed by atoms with Gasteiger partial charge in [-0.15, -0.1) is 11.8 Å². The van der Waals surface area contributed by atoms with Crippen LogP contribution in [0, 0.1) is 0 Å². The van der Waals surface area contributed by atoms with Crippen molar-refractivity contribution in [3.63, 3.8) is 0 Å². The minimum atomic E-state index is -3.81. The molecular formula is C15H19N3O6S2. The van der Waals surface area contributed by atoms with Crippen molar-refractivity contribution in [1.82, 2.24) is 0 Å². The summed E-state index contributed by atoms with van der Waals surface area (Å²) in [4.78, 5) is 2.82. The summed E-state index contributed by atoms with van der Waals surface area (Å²) in [6, 6.07) is 8.40. The Bertz CT molecular complexity index is 771. The smallest absolute Gasteiger partial charge is 0.264 e. The number of thioether (sulfide) groups is 1. The molecule has 0 saturated carbocycles. The van der Waals surface area contributed by atoms with Crippen molar-refractivity contribution in [3.05, 3.63) is 46.3 Å². The lowest BCUT2D eigenvalue weighted by atomic mass is 9.97. The van der Waals surface area contributed by atoms with Crippen molar-refractivity contribution in [2.75, 3.05) is 19.1 Å². The van der Waals surface area contributed by atoms with Crippen LogP contribution in [0.4, 0.5) is 0 Å². The summed E-state index contributed by atoms with van der Waals surface area (Å²) in [5, 5.41) is 3.71. The highest BCUT2D eigenvalue weighted by Crippen LogP contribution is 2.39. The van der Waals surface area contributed by atoms with E-state index in [9.17, 15) is 8.42 Å². The molecule has 3 unspecified atom stereocenters. The Labute approximate surface area is 155 Å². The Morgan fingerprint density at radius 2 is 2.04 bits per heavy atom. The zero-order valence-corrected chi connectivity index (χ0v) is 15.8. The van der Waals surface area contributed by atoms with Crippen LogP contribution < -0.4 is 0 Å². The maximum Gasteiger partial charge on any atom is 0.264 e. The van der Waals surface area contributed by atoms with E-state index in [2.05, 4.69) is 10.0 Å². The molecule has 9 nitrogen and oxygen atoms in total. The molecule has 0 amide bonds. The predicted molar refractivity (Wildman–Crippen MR) is 94.8 cm³/mol. The van der Waals surface area contributed by atoms with Crippen LogP contribution in [0.25, 0.3) is 10.4 Å². The van der Waals surface area contributed by atoms with Crippen molar-refractivity contribution in [2.45, 2.75) is 36.1 Å². The van der Waals surface area contributed by atoms with Crippen molar-refractivity contribution in [2.24, 2.45) is 5.11 Å². The minimum absolute atomic E-state index is 0.202. The Hall–Kier alpha value is -1.33. The molecular weight excluding hydrogens is 382 g/mol. The molecule has 0 aromatic heterocycles. The second-order valence-corrected chi connectivity index (χ2v) is 8.45. The Morgan fingerprint density at radius 1 is 1.31 bits per heavy atom.